The van der Waals surface area contributed by atoms with Gasteiger partial charge in [-0.3, -0.25) is 9.59 Å². The summed E-state index contributed by atoms with van der Waals surface area (Å²) in [6.07, 6.45) is 2.50. The Balaban J connectivity index is 2.27. The molecule has 0 bridgehead atoms. The zero-order valence-electron chi connectivity index (χ0n) is 19.6. The molecule has 2 aromatic rings. The summed E-state index contributed by atoms with van der Waals surface area (Å²) in [7, 11) is 0. The third kappa shape index (κ3) is 7.51. The number of carbonyl (C=O) groups excluding carboxylic acids is 2. The van der Waals surface area contributed by atoms with Crippen molar-refractivity contribution in [3.63, 3.8) is 0 Å². The van der Waals surface area contributed by atoms with Crippen molar-refractivity contribution in [3.05, 3.63) is 36.1 Å². The second kappa shape index (κ2) is 10.1. The first kappa shape index (κ1) is 24.0. The van der Waals surface area contributed by atoms with Gasteiger partial charge in [0.05, 0.1) is 6.26 Å². The van der Waals surface area contributed by atoms with Crippen molar-refractivity contribution in [2.75, 3.05) is 13.1 Å². The van der Waals surface area contributed by atoms with E-state index in [1.165, 1.54) is 0 Å². The van der Waals surface area contributed by atoms with Gasteiger partial charge in [0.15, 0.2) is 0 Å². The zero-order valence-corrected chi connectivity index (χ0v) is 19.6. The third-order valence-corrected chi connectivity index (χ3v) is 4.76. The predicted molar refractivity (Wildman–Crippen MR) is 122 cm³/mol. The summed E-state index contributed by atoms with van der Waals surface area (Å²) >= 11 is 0. The number of fused-ring (bicyclic) bond motifs is 1. The van der Waals surface area contributed by atoms with Crippen LogP contribution in [-0.4, -0.2) is 35.8 Å². The van der Waals surface area contributed by atoms with Gasteiger partial charge in [-0.25, -0.2) is 0 Å². The van der Waals surface area contributed by atoms with Crippen molar-refractivity contribution in [2.24, 2.45) is 17.3 Å². The first-order chi connectivity index (χ1) is 13.9. The van der Waals surface area contributed by atoms with E-state index in [1.807, 2.05) is 49.9 Å². The number of hydrogen-bond acceptors (Lipinski definition) is 3. The molecule has 1 atom stereocenters. The molecule has 2 amide bonds. The van der Waals surface area contributed by atoms with Gasteiger partial charge in [-0.15, -0.1) is 0 Å². The number of rotatable bonds is 9. The maximum absolute atomic E-state index is 13.5. The standard InChI is InChI=1S/C25H38N2O3/c1-17(2)15-27(16-18(3)4)24(29)21(26-23(28)14-25(5,6)7)13-19-8-9-22-20(12-19)10-11-30-22/h8-12,17-18,21H,13-16H2,1-7H3,(H,26,28)/t21-/m1/s1. The fraction of sp³-hybridized carbons (Fsp3) is 0.600. The highest BCUT2D eigenvalue weighted by Crippen LogP contribution is 2.20. The molecule has 0 spiro atoms. The zero-order chi connectivity index (χ0) is 22.5. The Labute approximate surface area is 181 Å². The fourth-order valence-corrected chi connectivity index (χ4v) is 3.66. The molecule has 1 aromatic carbocycles. The molecule has 1 aromatic heterocycles. The van der Waals surface area contributed by atoms with Gasteiger partial charge in [-0.05, 0) is 41.0 Å². The van der Waals surface area contributed by atoms with Crippen molar-refractivity contribution in [1.29, 1.82) is 0 Å². The minimum atomic E-state index is -0.582. The lowest BCUT2D eigenvalue weighted by atomic mass is 9.91. The molecule has 0 aliphatic heterocycles. The van der Waals surface area contributed by atoms with Gasteiger partial charge in [0, 0.05) is 31.3 Å². The molecule has 5 nitrogen and oxygen atoms in total. The number of nitrogens with one attached hydrogen (secondary N) is 1. The van der Waals surface area contributed by atoms with Crippen LogP contribution in [0.1, 0.15) is 60.5 Å². The van der Waals surface area contributed by atoms with Crippen LogP contribution in [0.4, 0.5) is 0 Å². The highest BCUT2D eigenvalue weighted by atomic mass is 16.3. The molecule has 0 aliphatic rings. The Bertz CT molecular complexity index is 835. The Morgan fingerprint density at radius 3 is 2.23 bits per heavy atom. The van der Waals surface area contributed by atoms with Crippen molar-refractivity contribution in [2.45, 2.75) is 67.3 Å². The molecule has 5 heteroatoms. The van der Waals surface area contributed by atoms with E-state index < -0.39 is 6.04 Å². The number of amides is 2. The molecule has 0 saturated heterocycles. The molecule has 0 aliphatic carbocycles. The fourth-order valence-electron chi connectivity index (χ4n) is 3.66. The number of carbonyl (C=O) groups is 2. The number of nitrogens with zero attached hydrogens (tertiary/aromatic N) is 1. The molecule has 30 heavy (non-hydrogen) atoms. The highest BCUT2D eigenvalue weighted by Gasteiger charge is 2.28. The predicted octanol–water partition coefficient (Wildman–Crippen LogP) is 5.04. The molecule has 0 unspecified atom stereocenters. The van der Waals surface area contributed by atoms with Gasteiger partial charge in [0.2, 0.25) is 11.8 Å². The smallest absolute Gasteiger partial charge is 0.245 e. The first-order valence-electron chi connectivity index (χ1n) is 11.0. The van der Waals surface area contributed by atoms with E-state index in [9.17, 15) is 9.59 Å². The van der Waals surface area contributed by atoms with Gasteiger partial charge in [0.25, 0.3) is 0 Å². The molecule has 0 fully saturated rings. The molecule has 0 radical (unpaired) electrons. The quantitative estimate of drug-likeness (QED) is 0.625. The minimum Gasteiger partial charge on any atom is -0.464 e. The Morgan fingerprint density at radius 1 is 1.03 bits per heavy atom. The van der Waals surface area contributed by atoms with Gasteiger partial charge in [-0.1, -0.05) is 54.5 Å². The first-order valence-corrected chi connectivity index (χ1v) is 11.0. The molecular formula is C25H38N2O3. The molecular weight excluding hydrogens is 376 g/mol. The van der Waals surface area contributed by atoms with Crippen LogP contribution in [-0.2, 0) is 16.0 Å². The van der Waals surface area contributed by atoms with Gasteiger partial charge < -0.3 is 14.6 Å². The normalized spacial score (nSPS) is 13.1. The van der Waals surface area contributed by atoms with Crippen molar-refractivity contribution in [3.8, 4) is 0 Å². The van der Waals surface area contributed by atoms with E-state index in [-0.39, 0.29) is 17.2 Å². The lowest BCUT2D eigenvalue weighted by molar-refractivity contribution is -0.137. The largest absolute Gasteiger partial charge is 0.464 e. The lowest BCUT2D eigenvalue weighted by Crippen LogP contribution is -2.51. The van der Waals surface area contributed by atoms with E-state index in [0.29, 0.717) is 37.8 Å². The summed E-state index contributed by atoms with van der Waals surface area (Å²) in [5.74, 6) is 0.632. The summed E-state index contributed by atoms with van der Waals surface area (Å²) < 4.78 is 5.43. The van der Waals surface area contributed by atoms with Crippen LogP contribution < -0.4 is 5.32 Å². The van der Waals surface area contributed by atoms with Gasteiger partial charge in [-0.2, -0.15) is 0 Å². The van der Waals surface area contributed by atoms with Crippen molar-refractivity contribution >= 4 is 22.8 Å². The molecule has 166 valence electrons. The summed E-state index contributed by atoms with van der Waals surface area (Å²) in [6.45, 7) is 15.9. The van der Waals surface area contributed by atoms with Crippen LogP contribution in [0, 0.1) is 17.3 Å². The number of furan rings is 1. The summed E-state index contributed by atoms with van der Waals surface area (Å²) in [5.41, 5.74) is 1.69. The van der Waals surface area contributed by atoms with E-state index >= 15 is 0 Å². The molecule has 1 N–H and O–H groups in total. The van der Waals surface area contributed by atoms with Gasteiger partial charge in [0.1, 0.15) is 11.6 Å². The van der Waals surface area contributed by atoms with E-state index in [1.54, 1.807) is 6.26 Å². The summed E-state index contributed by atoms with van der Waals surface area (Å²) in [6, 6.07) is 7.25. The highest BCUT2D eigenvalue weighted by molar-refractivity contribution is 5.88. The van der Waals surface area contributed by atoms with Gasteiger partial charge >= 0.3 is 0 Å². The topological polar surface area (TPSA) is 62.6 Å². The van der Waals surface area contributed by atoms with E-state index in [4.69, 9.17) is 4.42 Å². The maximum Gasteiger partial charge on any atom is 0.245 e. The van der Waals surface area contributed by atoms with Crippen LogP contribution in [0.25, 0.3) is 11.0 Å². The summed E-state index contributed by atoms with van der Waals surface area (Å²) in [4.78, 5) is 28.1. The summed E-state index contributed by atoms with van der Waals surface area (Å²) in [5, 5.41) is 4.04. The lowest BCUT2D eigenvalue weighted by Gasteiger charge is -2.31. The SMILES string of the molecule is CC(C)CN(CC(C)C)C(=O)[C@@H](Cc1ccc2occc2c1)NC(=O)CC(C)(C)C. The molecule has 2 rings (SSSR count). The average molecular weight is 415 g/mol. The monoisotopic (exact) mass is 414 g/mol. The number of hydrogen-bond donors (Lipinski definition) is 1. The van der Waals surface area contributed by atoms with Crippen LogP contribution in [0.3, 0.4) is 0 Å². The third-order valence-electron chi connectivity index (χ3n) is 4.76. The molecule has 1 heterocycles. The van der Waals surface area contributed by atoms with Crippen molar-refractivity contribution < 1.29 is 14.0 Å². The minimum absolute atomic E-state index is 0.00745. The maximum atomic E-state index is 13.5. The van der Waals surface area contributed by atoms with Crippen molar-refractivity contribution in [1.82, 2.24) is 10.2 Å². The van der Waals surface area contributed by atoms with E-state index in [2.05, 4.69) is 33.0 Å². The molecule has 0 saturated carbocycles. The van der Waals surface area contributed by atoms with Crippen LogP contribution in [0.5, 0.6) is 0 Å². The second-order valence-electron chi connectivity index (χ2n) is 10.4. The second-order valence-corrected chi connectivity index (χ2v) is 10.4. The average Bonchev–Trinajstić information content (AvgIpc) is 3.05. The van der Waals surface area contributed by atoms with E-state index in [0.717, 1.165) is 16.5 Å². The number of benzene rings is 1. The Kier molecular flexibility index (Phi) is 8.10. The Morgan fingerprint density at radius 2 is 1.67 bits per heavy atom. The van der Waals surface area contributed by atoms with Crippen LogP contribution in [0.15, 0.2) is 34.9 Å². The van der Waals surface area contributed by atoms with Crippen LogP contribution >= 0.6 is 0 Å². The Hall–Kier alpha value is -2.30. The van der Waals surface area contributed by atoms with Crippen LogP contribution in [0.2, 0.25) is 0 Å².